The third-order valence-corrected chi connectivity index (χ3v) is 10.9. The van der Waals surface area contributed by atoms with Gasteiger partial charge >= 0.3 is 17.9 Å². The zero-order valence-corrected chi connectivity index (χ0v) is 43.6. The van der Waals surface area contributed by atoms with Crippen molar-refractivity contribution in [3.8, 4) is 0 Å². The summed E-state index contributed by atoms with van der Waals surface area (Å²) in [6.45, 7) is 6.30. The summed E-state index contributed by atoms with van der Waals surface area (Å²) in [6, 6.07) is 0. The molecule has 0 aromatic carbocycles. The molecular weight excluding hydrogens is 841 g/mol. The van der Waals surface area contributed by atoms with Crippen LogP contribution in [0.15, 0.2) is 134 Å². The van der Waals surface area contributed by atoms with Gasteiger partial charge in [0.25, 0.3) is 0 Å². The summed E-state index contributed by atoms with van der Waals surface area (Å²) in [5, 5.41) is 0. The fourth-order valence-electron chi connectivity index (χ4n) is 6.91. The first kappa shape index (κ1) is 63.5. The number of unbranched alkanes of at least 4 members (excludes halogenated alkanes) is 14. The summed E-state index contributed by atoms with van der Waals surface area (Å²) in [5.41, 5.74) is 0. The van der Waals surface area contributed by atoms with E-state index in [1.54, 1.807) is 0 Å². The number of allylic oxidation sites excluding steroid dienone is 22. The van der Waals surface area contributed by atoms with Gasteiger partial charge in [0, 0.05) is 19.3 Å². The molecule has 68 heavy (non-hydrogen) atoms. The van der Waals surface area contributed by atoms with Crippen molar-refractivity contribution < 1.29 is 28.6 Å². The van der Waals surface area contributed by atoms with Gasteiger partial charge in [-0.1, -0.05) is 231 Å². The number of carbonyl (C=O) groups excluding carboxylic acids is 3. The van der Waals surface area contributed by atoms with Crippen LogP contribution in [-0.4, -0.2) is 37.2 Å². The Hall–Kier alpha value is -4.45. The minimum absolute atomic E-state index is 0.116. The molecule has 0 rings (SSSR count). The lowest BCUT2D eigenvalue weighted by molar-refractivity contribution is -0.166. The average Bonchev–Trinajstić information content (AvgIpc) is 3.34. The molecular formula is C62H98O6. The van der Waals surface area contributed by atoms with E-state index in [-0.39, 0.29) is 31.6 Å². The lowest BCUT2D eigenvalue weighted by Gasteiger charge is -2.18. The Kier molecular flexibility index (Phi) is 51.5. The van der Waals surface area contributed by atoms with Crippen LogP contribution < -0.4 is 0 Å². The first-order valence-electron chi connectivity index (χ1n) is 27.2. The molecule has 0 aliphatic rings. The summed E-state index contributed by atoms with van der Waals surface area (Å²) in [5.74, 6) is -1.03. The first-order valence-corrected chi connectivity index (χ1v) is 27.2. The Morgan fingerprint density at radius 1 is 0.309 bits per heavy atom. The van der Waals surface area contributed by atoms with Gasteiger partial charge in [0.05, 0.1) is 0 Å². The van der Waals surface area contributed by atoms with Crippen LogP contribution in [0.5, 0.6) is 0 Å². The van der Waals surface area contributed by atoms with E-state index in [1.165, 1.54) is 44.9 Å². The molecule has 0 saturated heterocycles. The average molecular weight is 939 g/mol. The number of rotatable bonds is 47. The van der Waals surface area contributed by atoms with Gasteiger partial charge in [-0.2, -0.15) is 0 Å². The van der Waals surface area contributed by atoms with Crippen molar-refractivity contribution in [3.63, 3.8) is 0 Å². The van der Waals surface area contributed by atoms with Crippen LogP contribution in [0.3, 0.4) is 0 Å². The molecule has 0 bridgehead atoms. The lowest BCUT2D eigenvalue weighted by Crippen LogP contribution is -2.30. The number of esters is 3. The molecule has 0 aromatic heterocycles. The van der Waals surface area contributed by atoms with Crippen molar-refractivity contribution in [3.05, 3.63) is 134 Å². The first-order chi connectivity index (χ1) is 33.5. The number of carbonyl (C=O) groups is 3. The maximum atomic E-state index is 12.7. The molecule has 0 N–H and O–H groups in total. The van der Waals surface area contributed by atoms with Crippen molar-refractivity contribution in [2.24, 2.45) is 0 Å². The predicted molar refractivity (Wildman–Crippen MR) is 292 cm³/mol. The van der Waals surface area contributed by atoms with Gasteiger partial charge in [-0.15, -0.1) is 0 Å². The van der Waals surface area contributed by atoms with Gasteiger partial charge in [0.1, 0.15) is 13.2 Å². The SMILES string of the molecule is CC/C=C\C/C=C\C/C=C\C/C=C\C/C=C\C/C=C\C/C=C\CCCCCCCC(=O)OCC(COC(=O)CCCCCCCCCCCC)OC(=O)CC/C=C\C/C=C\C/C=C\C/C=C\CC. The number of ether oxygens (including phenoxy) is 3. The normalized spacial score (nSPS) is 13.2. The maximum Gasteiger partial charge on any atom is 0.306 e. The molecule has 6 nitrogen and oxygen atoms in total. The van der Waals surface area contributed by atoms with Crippen LogP contribution in [0.4, 0.5) is 0 Å². The van der Waals surface area contributed by atoms with Crippen molar-refractivity contribution in [2.45, 2.75) is 226 Å². The molecule has 0 radical (unpaired) electrons. The second kappa shape index (κ2) is 55.1. The lowest BCUT2D eigenvalue weighted by atomic mass is 10.1. The Bertz CT molecular complexity index is 1500. The fraction of sp³-hybridized carbons (Fsp3) is 0.597. The van der Waals surface area contributed by atoms with Gasteiger partial charge < -0.3 is 14.2 Å². The second-order valence-corrected chi connectivity index (χ2v) is 17.4. The van der Waals surface area contributed by atoms with Gasteiger partial charge in [-0.25, -0.2) is 0 Å². The molecule has 0 fully saturated rings. The summed E-state index contributed by atoms with van der Waals surface area (Å²) in [7, 11) is 0. The van der Waals surface area contributed by atoms with E-state index in [0.717, 1.165) is 128 Å². The Labute approximate surface area is 417 Å². The quantitative estimate of drug-likeness (QED) is 0.0262. The molecule has 0 amide bonds. The molecule has 0 aromatic rings. The molecule has 6 heteroatoms. The molecule has 0 spiro atoms. The maximum absolute atomic E-state index is 12.7. The summed E-state index contributed by atoms with van der Waals surface area (Å²) >= 11 is 0. The largest absolute Gasteiger partial charge is 0.462 e. The fourth-order valence-corrected chi connectivity index (χ4v) is 6.91. The third kappa shape index (κ3) is 52.5. The molecule has 0 saturated carbocycles. The topological polar surface area (TPSA) is 78.9 Å². The Morgan fingerprint density at radius 2 is 0.603 bits per heavy atom. The highest BCUT2D eigenvalue weighted by Gasteiger charge is 2.19. The standard InChI is InChI=1S/C62H98O6/c1-4-7-10-13-16-19-22-24-25-26-27-28-29-30-31-32-33-34-35-36-37-39-40-43-46-49-52-55-61(64)67-58-59(57-66-60(63)54-51-48-45-42-21-18-15-12-9-6-3)68-62(65)56-53-50-47-44-41-38-23-20-17-14-11-8-5-2/h7-8,10-11,16-17,19-20,24-25,27-28,30-31,33-34,36-38,41,47,50,59H,4-6,9,12-15,18,21-23,26,29,32,35,39-40,42-46,48-49,51-58H2,1-3H3/b10-7-,11-8-,19-16-,20-17-,25-24-,28-27-,31-30-,34-33-,37-36-,41-38-,50-47-. The monoisotopic (exact) mass is 939 g/mol. The molecule has 0 heterocycles. The van der Waals surface area contributed by atoms with E-state index in [9.17, 15) is 14.4 Å². The van der Waals surface area contributed by atoms with E-state index in [4.69, 9.17) is 14.2 Å². The van der Waals surface area contributed by atoms with Gasteiger partial charge in [-0.05, 0) is 103 Å². The second-order valence-electron chi connectivity index (χ2n) is 17.4. The summed E-state index contributed by atoms with van der Waals surface area (Å²) in [6.07, 6.45) is 77.5. The highest BCUT2D eigenvalue weighted by atomic mass is 16.6. The van der Waals surface area contributed by atoms with Gasteiger partial charge in [0.2, 0.25) is 0 Å². The molecule has 1 atom stereocenters. The molecule has 382 valence electrons. The van der Waals surface area contributed by atoms with Gasteiger partial charge in [-0.3, -0.25) is 14.4 Å². The highest BCUT2D eigenvalue weighted by molar-refractivity contribution is 5.71. The molecule has 1 unspecified atom stereocenters. The predicted octanol–water partition coefficient (Wildman–Crippen LogP) is 18.3. The smallest absolute Gasteiger partial charge is 0.306 e. The summed E-state index contributed by atoms with van der Waals surface area (Å²) < 4.78 is 16.7. The molecule has 0 aliphatic heterocycles. The van der Waals surface area contributed by atoms with Gasteiger partial charge in [0.15, 0.2) is 6.10 Å². The van der Waals surface area contributed by atoms with Crippen LogP contribution in [0.1, 0.15) is 220 Å². The van der Waals surface area contributed by atoms with Crippen molar-refractivity contribution in [2.75, 3.05) is 13.2 Å². The van der Waals surface area contributed by atoms with Crippen molar-refractivity contribution >= 4 is 17.9 Å². The van der Waals surface area contributed by atoms with Crippen LogP contribution in [0.2, 0.25) is 0 Å². The minimum Gasteiger partial charge on any atom is -0.462 e. The third-order valence-electron chi connectivity index (χ3n) is 10.9. The van der Waals surface area contributed by atoms with Crippen LogP contribution >= 0.6 is 0 Å². The van der Waals surface area contributed by atoms with Crippen molar-refractivity contribution in [1.82, 2.24) is 0 Å². The Balaban J connectivity index is 4.38. The van der Waals surface area contributed by atoms with E-state index >= 15 is 0 Å². The zero-order valence-electron chi connectivity index (χ0n) is 43.6. The minimum atomic E-state index is -0.826. The molecule has 0 aliphatic carbocycles. The van der Waals surface area contributed by atoms with E-state index in [0.29, 0.717) is 19.3 Å². The summed E-state index contributed by atoms with van der Waals surface area (Å²) in [4.78, 5) is 37.9. The van der Waals surface area contributed by atoms with Crippen LogP contribution in [0, 0.1) is 0 Å². The van der Waals surface area contributed by atoms with E-state index in [1.807, 2.05) is 12.2 Å². The van der Waals surface area contributed by atoms with Crippen LogP contribution in [-0.2, 0) is 28.6 Å². The number of hydrogen-bond acceptors (Lipinski definition) is 6. The van der Waals surface area contributed by atoms with E-state index in [2.05, 4.69) is 142 Å². The van der Waals surface area contributed by atoms with E-state index < -0.39 is 12.1 Å². The van der Waals surface area contributed by atoms with Crippen molar-refractivity contribution in [1.29, 1.82) is 0 Å². The number of hydrogen-bond donors (Lipinski definition) is 0. The Morgan fingerprint density at radius 3 is 0.956 bits per heavy atom. The zero-order chi connectivity index (χ0) is 49.3. The highest BCUT2D eigenvalue weighted by Crippen LogP contribution is 2.13. The van der Waals surface area contributed by atoms with Crippen LogP contribution in [0.25, 0.3) is 0 Å².